The Balaban J connectivity index is 2.88. The molecule has 2 N–H and O–H groups in total. The van der Waals surface area contributed by atoms with E-state index in [-0.39, 0.29) is 0 Å². The molecule has 0 fully saturated rings. The van der Waals surface area contributed by atoms with Gasteiger partial charge in [0, 0.05) is 0 Å². The summed E-state index contributed by atoms with van der Waals surface area (Å²) < 4.78 is 4.99. The third kappa shape index (κ3) is 2.44. The summed E-state index contributed by atoms with van der Waals surface area (Å²) in [5.74, 6) is 0.678. The smallest absolute Gasteiger partial charge is 0.119 e. The van der Waals surface area contributed by atoms with Crippen LogP contribution in [0.3, 0.4) is 0 Å². The van der Waals surface area contributed by atoms with Crippen LogP contribution in [0.15, 0.2) is 24.3 Å². The summed E-state index contributed by atoms with van der Waals surface area (Å²) in [6.07, 6.45) is -1.62. The maximum Gasteiger partial charge on any atom is 0.119 e. The molecule has 1 aromatic rings. The lowest BCUT2D eigenvalue weighted by molar-refractivity contribution is 0.0304. The molecule has 0 saturated carbocycles. The van der Waals surface area contributed by atoms with Crippen LogP contribution in [0.5, 0.6) is 5.75 Å². The molecule has 72 valence electrons. The van der Waals surface area contributed by atoms with Gasteiger partial charge >= 0.3 is 0 Å². The monoisotopic (exact) mass is 182 g/mol. The molecule has 1 rings (SSSR count). The van der Waals surface area contributed by atoms with E-state index in [4.69, 9.17) is 9.84 Å². The largest absolute Gasteiger partial charge is 0.497 e. The molecule has 2 atom stereocenters. The van der Waals surface area contributed by atoms with Crippen LogP contribution in [-0.4, -0.2) is 23.4 Å². The van der Waals surface area contributed by atoms with E-state index in [2.05, 4.69) is 0 Å². The van der Waals surface area contributed by atoms with E-state index in [9.17, 15) is 5.11 Å². The highest BCUT2D eigenvalue weighted by atomic mass is 16.5. The van der Waals surface area contributed by atoms with Crippen molar-refractivity contribution >= 4 is 0 Å². The standard InChI is InChI=1S/C10H14O3/c1-7(11)10(12)8-4-3-5-9(6-8)13-2/h3-7,10-12H,1-2H3/t7-,10+/m0/s1. The zero-order chi connectivity index (χ0) is 9.84. The molecule has 0 radical (unpaired) electrons. The van der Waals surface area contributed by atoms with Crippen molar-refractivity contribution in [3.05, 3.63) is 29.8 Å². The van der Waals surface area contributed by atoms with Gasteiger partial charge in [-0.2, -0.15) is 0 Å². The molecule has 0 saturated heterocycles. The molecule has 0 heterocycles. The van der Waals surface area contributed by atoms with Crippen molar-refractivity contribution in [1.29, 1.82) is 0 Å². The number of aliphatic hydroxyl groups excluding tert-OH is 2. The highest BCUT2D eigenvalue weighted by Crippen LogP contribution is 2.21. The highest BCUT2D eigenvalue weighted by molar-refractivity contribution is 5.30. The molecule has 1 aromatic carbocycles. The van der Waals surface area contributed by atoms with Gasteiger partial charge in [-0.25, -0.2) is 0 Å². The van der Waals surface area contributed by atoms with E-state index >= 15 is 0 Å². The first-order valence-electron chi connectivity index (χ1n) is 4.15. The average molecular weight is 182 g/mol. The lowest BCUT2D eigenvalue weighted by Crippen LogP contribution is -2.13. The summed E-state index contributed by atoms with van der Waals surface area (Å²) in [7, 11) is 1.56. The minimum absolute atomic E-state index is 0.661. The maximum atomic E-state index is 9.51. The average Bonchev–Trinajstić information content (AvgIpc) is 2.16. The van der Waals surface area contributed by atoms with Crippen LogP contribution in [0.4, 0.5) is 0 Å². The fraction of sp³-hybridized carbons (Fsp3) is 0.400. The van der Waals surface area contributed by atoms with Crippen molar-refractivity contribution in [3.8, 4) is 5.75 Å². The normalized spacial score (nSPS) is 15.1. The van der Waals surface area contributed by atoms with Gasteiger partial charge in [-0.3, -0.25) is 0 Å². The van der Waals surface area contributed by atoms with Gasteiger partial charge in [-0.05, 0) is 24.6 Å². The second-order valence-corrected chi connectivity index (χ2v) is 2.96. The van der Waals surface area contributed by atoms with Gasteiger partial charge in [0.05, 0.1) is 13.2 Å². The Kier molecular flexibility index (Phi) is 3.28. The van der Waals surface area contributed by atoms with Gasteiger partial charge in [0.25, 0.3) is 0 Å². The van der Waals surface area contributed by atoms with Crippen molar-refractivity contribution in [2.45, 2.75) is 19.1 Å². The molecule has 0 aliphatic carbocycles. The van der Waals surface area contributed by atoms with Crippen LogP contribution in [-0.2, 0) is 0 Å². The SMILES string of the molecule is COc1cccc([C@H](O)[C@H](C)O)c1. The van der Waals surface area contributed by atoms with E-state index in [1.165, 1.54) is 0 Å². The Morgan fingerprint density at radius 2 is 2.00 bits per heavy atom. The molecule has 0 amide bonds. The lowest BCUT2D eigenvalue weighted by Gasteiger charge is -2.14. The fourth-order valence-electron chi connectivity index (χ4n) is 1.10. The van der Waals surface area contributed by atoms with Crippen LogP contribution >= 0.6 is 0 Å². The van der Waals surface area contributed by atoms with E-state index in [0.29, 0.717) is 11.3 Å². The van der Waals surface area contributed by atoms with Gasteiger partial charge in [0.15, 0.2) is 0 Å². The number of aliphatic hydroxyl groups is 2. The molecule has 0 spiro atoms. The first kappa shape index (κ1) is 10.0. The van der Waals surface area contributed by atoms with E-state index in [0.717, 1.165) is 0 Å². The number of methoxy groups -OCH3 is 1. The van der Waals surface area contributed by atoms with Gasteiger partial charge in [-0.15, -0.1) is 0 Å². The number of rotatable bonds is 3. The Morgan fingerprint density at radius 1 is 1.31 bits per heavy atom. The van der Waals surface area contributed by atoms with Gasteiger partial charge in [0.2, 0.25) is 0 Å². The molecule has 0 unspecified atom stereocenters. The first-order valence-corrected chi connectivity index (χ1v) is 4.15. The van der Waals surface area contributed by atoms with E-state index in [1.54, 1.807) is 38.3 Å². The van der Waals surface area contributed by atoms with Crippen molar-refractivity contribution in [1.82, 2.24) is 0 Å². The van der Waals surface area contributed by atoms with E-state index < -0.39 is 12.2 Å². The molecule has 0 bridgehead atoms. The van der Waals surface area contributed by atoms with Crippen molar-refractivity contribution in [2.75, 3.05) is 7.11 Å². The molecule has 3 heteroatoms. The molecule has 0 aromatic heterocycles. The number of hydrogen-bond acceptors (Lipinski definition) is 3. The molecule has 0 aliphatic rings. The zero-order valence-electron chi connectivity index (χ0n) is 7.77. The van der Waals surface area contributed by atoms with Gasteiger partial charge < -0.3 is 14.9 Å². The third-order valence-corrected chi connectivity index (χ3v) is 1.89. The maximum absolute atomic E-state index is 9.51. The van der Waals surface area contributed by atoms with Crippen LogP contribution in [0.25, 0.3) is 0 Å². The quantitative estimate of drug-likeness (QED) is 0.736. The number of hydrogen-bond donors (Lipinski definition) is 2. The predicted molar refractivity (Wildman–Crippen MR) is 49.6 cm³/mol. The fourth-order valence-corrected chi connectivity index (χ4v) is 1.10. The predicted octanol–water partition coefficient (Wildman–Crippen LogP) is 1.11. The third-order valence-electron chi connectivity index (χ3n) is 1.89. The highest BCUT2D eigenvalue weighted by Gasteiger charge is 2.13. The molecular weight excluding hydrogens is 168 g/mol. The Labute approximate surface area is 77.6 Å². The van der Waals surface area contributed by atoms with Crippen LogP contribution in [0, 0.1) is 0 Å². The molecule has 0 aliphatic heterocycles. The van der Waals surface area contributed by atoms with Gasteiger partial charge in [-0.1, -0.05) is 12.1 Å². The first-order chi connectivity index (χ1) is 6.15. The zero-order valence-corrected chi connectivity index (χ0v) is 7.77. The summed E-state index contributed by atoms with van der Waals surface area (Å²) in [5.41, 5.74) is 0.661. The van der Waals surface area contributed by atoms with Crippen molar-refractivity contribution in [2.24, 2.45) is 0 Å². The summed E-state index contributed by atoms with van der Waals surface area (Å²) >= 11 is 0. The summed E-state index contributed by atoms with van der Waals surface area (Å²) in [6, 6.07) is 7.02. The van der Waals surface area contributed by atoms with Gasteiger partial charge in [0.1, 0.15) is 11.9 Å². The van der Waals surface area contributed by atoms with Crippen molar-refractivity contribution < 1.29 is 14.9 Å². The minimum atomic E-state index is -0.852. The van der Waals surface area contributed by atoms with Crippen molar-refractivity contribution in [3.63, 3.8) is 0 Å². The van der Waals surface area contributed by atoms with E-state index in [1.807, 2.05) is 0 Å². The second-order valence-electron chi connectivity index (χ2n) is 2.96. The second kappa shape index (κ2) is 4.25. The Morgan fingerprint density at radius 3 is 2.54 bits per heavy atom. The Bertz CT molecular complexity index is 271. The van der Waals surface area contributed by atoms with Crippen LogP contribution < -0.4 is 4.74 Å². The van der Waals surface area contributed by atoms with Crippen LogP contribution in [0.2, 0.25) is 0 Å². The number of ether oxygens (including phenoxy) is 1. The Hall–Kier alpha value is -1.06. The lowest BCUT2D eigenvalue weighted by atomic mass is 10.1. The molecule has 13 heavy (non-hydrogen) atoms. The molecule has 3 nitrogen and oxygen atoms in total. The number of benzene rings is 1. The van der Waals surface area contributed by atoms with Crippen LogP contribution in [0.1, 0.15) is 18.6 Å². The summed E-state index contributed by atoms with van der Waals surface area (Å²) in [6.45, 7) is 1.55. The molecular formula is C10H14O3. The summed E-state index contributed by atoms with van der Waals surface area (Å²) in [5, 5.41) is 18.7. The minimum Gasteiger partial charge on any atom is -0.497 e. The topological polar surface area (TPSA) is 49.7 Å². The summed E-state index contributed by atoms with van der Waals surface area (Å²) in [4.78, 5) is 0.